The summed E-state index contributed by atoms with van der Waals surface area (Å²) in [6.07, 6.45) is 4.06. The van der Waals surface area contributed by atoms with Gasteiger partial charge in [-0.3, -0.25) is 4.79 Å². The Bertz CT molecular complexity index is 1480. The fourth-order valence-electron chi connectivity index (χ4n) is 6.06. The lowest BCUT2D eigenvalue weighted by molar-refractivity contribution is -0.253. The molecule has 4 aromatic rings. The Balaban J connectivity index is 1.19. The third-order valence-corrected chi connectivity index (χ3v) is 8.43. The van der Waals surface area contributed by atoms with Gasteiger partial charge in [-0.25, -0.2) is 0 Å². The predicted molar refractivity (Wildman–Crippen MR) is 168 cm³/mol. The van der Waals surface area contributed by atoms with E-state index in [2.05, 4.69) is 58.7 Å². The quantitative estimate of drug-likeness (QED) is 0.229. The summed E-state index contributed by atoms with van der Waals surface area (Å²) in [5, 5.41) is 12.5. The first-order chi connectivity index (χ1) is 21.1. The highest BCUT2D eigenvalue weighted by Crippen LogP contribution is 2.39. The summed E-state index contributed by atoms with van der Waals surface area (Å²) in [5.74, 6) is -0.0840. The molecule has 2 aliphatic heterocycles. The molecular formula is C37H40N2O4. The van der Waals surface area contributed by atoms with E-state index < -0.39 is 6.29 Å². The first-order valence-electron chi connectivity index (χ1n) is 15.4. The number of aliphatic hydroxyl groups excluding tert-OH is 1. The van der Waals surface area contributed by atoms with Crippen molar-refractivity contribution in [2.45, 2.75) is 57.3 Å². The molecule has 0 radical (unpaired) electrons. The van der Waals surface area contributed by atoms with Crippen LogP contribution in [0.4, 0.5) is 0 Å². The lowest BCUT2D eigenvalue weighted by atomic mass is 9.98. The molecule has 2 aliphatic rings. The number of nitrogens with zero attached hydrogens (tertiary/aromatic N) is 1. The molecule has 4 aromatic carbocycles. The highest BCUT2D eigenvalue weighted by Gasteiger charge is 2.33. The van der Waals surface area contributed by atoms with Gasteiger partial charge < -0.3 is 24.8 Å². The van der Waals surface area contributed by atoms with Crippen LogP contribution in [0.2, 0.25) is 0 Å². The lowest BCUT2D eigenvalue weighted by Crippen LogP contribution is -2.41. The van der Waals surface area contributed by atoms with E-state index in [1.807, 2.05) is 54.6 Å². The molecule has 2 saturated heterocycles. The summed E-state index contributed by atoms with van der Waals surface area (Å²) in [7, 11) is 0. The Morgan fingerprint density at radius 1 is 0.767 bits per heavy atom. The van der Waals surface area contributed by atoms with E-state index in [-0.39, 0.29) is 24.7 Å². The molecule has 43 heavy (non-hydrogen) atoms. The van der Waals surface area contributed by atoms with Crippen molar-refractivity contribution in [1.29, 1.82) is 0 Å². The van der Waals surface area contributed by atoms with E-state index in [1.165, 1.54) is 19.3 Å². The fraction of sp³-hybridized carbons (Fsp3) is 0.324. The molecule has 6 rings (SSSR count). The number of carbonyl (C=O) groups is 1. The van der Waals surface area contributed by atoms with E-state index >= 15 is 0 Å². The van der Waals surface area contributed by atoms with Crippen LogP contribution in [0.15, 0.2) is 103 Å². The van der Waals surface area contributed by atoms with E-state index in [1.54, 1.807) is 0 Å². The fourth-order valence-corrected chi connectivity index (χ4v) is 6.06. The van der Waals surface area contributed by atoms with Crippen LogP contribution in [0.3, 0.4) is 0 Å². The first-order valence-corrected chi connectivity index (χ1v) is 15.4. The van der Waals surface area contributed by atoms with Gasteiger partial charge in [-0.05, 0) is 78.0 Å². The molecular weight excluding hydrogens is 536 g/mol. The maximum atomic E-state index is 12.6. The van der Waals surface area contributed by atoms with Gasteiger partial charge >= 0.3 is 0 Å². The minimum atomic E-state index is -0.487. The highest BCUT2D eigenvalue weighted by atomic mass is 16.7. The van der Waals surface area contributed by atoms with E-state index in [0.717, 1.165) is 59.4 Å². The van der Waals surface area contributed by atoms with Crippen LogP contribution in [0.5, 0.6) is 0 Å². The topological polar surface area (TPSA) is 71.0 Å². The van der Waals surface area contributed by atoms with Gasteiger partial charge in [0.25, 0.3) is 5.91 Å². The molecule has 0 bridgehead atoms. The van der Waals surface area contributed by atoms with E-state index in [4.69, 9.17) is 9.47 Å². The molecule has 2 N–H and O–H groups in total. The summed E-state index contributed by atoms with van der Waals surface area (Å²) in [6, 6.07) is 34.0. The molecule has 0 aliphatic carbocycles. The van der Waals surface area contributed by atoms with Gasteiger partial charge in [-0.2, -0.15) is 0 Å². The molecule has 0 aromatic heterocycles. The number of nitrogens with one attached hydrogen (secondary N) is 1. The number of likely N-dealkylation sites (tertiary alicyclic amines) is 1. The van der Waals surface area contributed by atoms with E-state index in [9.17, 15) is 9.90 Å². The van der Waals surface area contributed by atoms with Crippen molar-refractivity contribution in [3.63, 3.8) is 0 Å². The van der Waals surface area contributed by atoms with Crippen LogP contribution in [-0.2, 0) is 22.6 Å². The second-order valence-corrected chi connectivity index (χ2v) is 11.6. The number of piperidine rings is 1. The second-order valence-electron chi connectivity index (χ2n) is 11.6. The molecule has 6 nitrogen and oxygen atoms in total. The monoisotopic (exact) mass is 576 g/mol. The van der Waals surface area contributed by atoms with Crippen molar-refractivity contribution in [1.82, 2.24) is 10.2 Å². The minimum Gasteiger partial charge on any atom is -0.392 e. The molecule has 2 fully saturated rings. The van der Waals surface area contributed by atoms with Crippen LogP contribution in [-0.4, -0.2) is 41.7 Å². The SMILES string of the molecule is O=C(NCc1cccc(-c2cccc(C3OC(CN4CCCCC4)CC(c4ccc(CO)cc4)O3)c2)c1)c1ccccc1. The highest BCUT2D eigenvalue weighted by molar-refractivity contribution is 5.94. The van der Waals surface area contributed by atoms with Crippen LogP contribution in [0.1, 0.15) is 70.7 Å². The second kappa shape index (κ2) is 14.1. The summed E-state index contributed by atoms with van der Waals surface area (Å²) >= 11 is 0. The Hall–Kier alpha value is -3.81. The average Bonchev–Trinajstić information content (AvgIpc) is 3.08. The number of rotatable bonds is 9. The zero-order chi connectivity index (χ0) is 29.4. The summed E-state index contributed by atoms with van der Waals surface area (Å²) < 4.78 is 13.3. The summed E-state index contributed by atoms with van der Waals surface area (Å²) in [6.45, 7) is 3.63. The van der Waals surface area contributed by atoms with Gasteiger partial charge in [0.15, 0.2) is 6.29 Å². The van der Waals surface area contributed by atoms with Crippen LogP contribution >= 0.6 is 0 Å². The molecule has 1 amide bonds. The van der Waals surface area contributed by atoms with Gasteiger partial charge in [0.2, 0.25) is 0 Å². The van der Waals surface area contributed by atoms with Crippen molar-refractivity contribution in [3.8, 4) is 11.1 Å². The molecule has 3 unspecified atom stereocenters. The van der Waals surface area contributed by atoms with Crippen molar-refractivity contribution in [2.75, 3.05) is 19.6 Å². The predicted octanol–water partition coefficient (Wildman–Crippen LogP) is 6.81. The first kappa shape index (κ1) is 29.3. The van der Waals surface area contributed by atoms with Crippen molar-refractivity contribution in [2.24, 2.45) is 0 Å². The summed E-state index contributed by atoms with van der Waals surface area (Å²) in [5.41, 5.74) is 6.82. The number of hydrogen-bond donors (Lipinski definition) is 2. The van der Waals surface area contributed by atoms with Crippen molar-refractivity contribution in [3.05, 3.63) is 131 Å². The number of ether oxygens (including phenoxy) is 2. The Labute approximate surface area is 254 Å². The molecule has 0 saturated carbocycles. The van der Waals surface area contributed by atoms with Crippen molar-refractivity contribution < 1.29 is 19.4 Å². The number of aliphatic hydroxyl groups is 1. The third-order valence-electron chi connectivity index (χ3n) is 8.43. The molecule has 6 heteroatoms. The Kier molecular flexibility index (Phi) is 9.60. The van der Waals surface area contributed by atoms with Gasteiger partial charge in [-0.15, -0.1) is 0 Å². The Morgan fingerprint density at radius 2 is 1.51 bits per heavy atom. The molecule has 222 valence electrons. The normalized spacial score (nSPS) is 20.9. The zero-order valence-corrected chi connectivity index (χ0v) is 24.5. The van der Waals surface area contributed by atoms with Gasteiger partial charge in [0.1, 0.15) is 0 Å². The maximum absolute atomic E-state index is 12.6. The van der Waals surface area contributed by atoms with Crippen molar-refractivity contribution >= 4 is 5.91 Å². The van der Waals surface area contributed by atoms with Crippen LogP contribution < -0.4 is 5.32 Å². The minimum absolute atomic E-state index is 0.0303. The van der Waals surface area contributed by atoms with E-state index in [0.29, 0.717) is 12.1 Å². The molecule has 2 heterocycles. The third kappa shape index (κ3) is 7.59. The van der Waals surface area contributed by atoms with Crippen LogP contribution in [0, 0.1) is 0 Å². The summed E-state index contributed by atoms with van der Waals surface area (Å²) in [4.78, 5) is 15.1. The van der Waals surface area contributed by atoms with Gasteiger partial charge in [0, 0.05) is 30.6 Å². The Morgan fingerprint density at radius 3 is 2.28 bits per heavy atom. The maximum Gasteiger partial charge on any atom is 0.251 e. The number of benzene rings is 4. The lowest BCUT2D eigenvalue weighted by Gasteiger charge is -2.39. The zero-order valence-electron chi connectivity index (χ0n) is 24.5. The standard InChI is InChI=1S/C37H40N2O4/c40-26-27-15-17-29(18-16-27)35-23-34(25-39-19-5-2-6-20-39)42-37(43-35)33-14-8-13-32(22-33)31-12-7-9-28(21-31)24-38-36(41)30-10-3-1-4-11-30/h1,3-4,7-18,21-22,34-35,37,40H,2,5-6,19-20,23-26H2,(H,38,41). The number of hydrogen-bond acceptors (Lipinski definition) is 5. The number of amides is 1. The largest absolute Gasteiger partial charge is 0.392 e. The van der Waals surface area contributed by atoms with Gasteiger partial charge in [-0.1, -0.05) is 85.3 Å². The molecule has 3 atom stereocenters. The number of carbonyl (C=O) groups excluding carboxylic acids is 1. The van der Waals surface area contributed by atoms with Crippen LogP contribution in [0.25, 0.3) is 11.1 Å². The smallest absolute Gasteiger partial charge is 0.251 e. The van der Waals surface area contributed by atoms with Gasteiger partial charge in [0.05, 0.1) is 18.8 Å². The molecule has 0 spiro atoms. The average molecular weight is 577 g/mol.